The molecule has 2 aromatic carbocycles. The molecule has 0 aliphatic carbocycles. The number of nitrogens with one attached hydrogen (secondary N) is 1. The number of carbonyl (C=O) groups excluding carboxylic acids is 1. The molecule has 0 saturated carbocycles. The lowest BCUT2D eigenvalue weighted by Crippen LogP contribution is -1.98. The molecule has 2 rings (SSSR count). The summed E-state index contributed by atoms with van der Waals surface area (Å²) in [6.45, 7) is 0. The van der Waals surface area contributed by atoms with Crippen LogP contribution in [0.5, 0.6) is 0 Å². The molecule has 0 bridgehead atoms. The maximum absolute atomic E-state index is 13.3. The maximum atomic E-state index is 13.3. The van der Waals surface area contributed by atoms with Gasteiger partial charge in [-0.25, -0.2) is 8.78 Å². The normalized spacial score (nSPS) is 10.9. The zero-order chi connectivity index (χ0) is 15.4. The summed E-state index contributed by atoms with van der Waals surface area (Å²) in [6, 6.07) is 7.58. The molecule has 1 N–H and O–H groups in total. The first-order valence-electron chi connectivity index (χ1n) is 5.85. The first kappa shape index (κ1) is 15.5. The van der Waals surface area contributed by atoms with Crippen molar-refractivity contribution in [2.45, 2.75) is 0 Å². The Hall–Kier alpha value is -1.91. The summed E-state index contributed by atoms with van der Waals surface area (Å²) in [5, 5.41) is 3.21. The van der Waals surface area contributed by atoms with Gasteiger partial charge in [-0.05, 0) is 30.3 Å². The van der Waals surface area contributed by atoms with Crippen molar-refractivity contribution in [2.75, 3.05) is 5.32 Å². The molecule has 21 heavy (non-hydrogen) atoms. The Morgan fingerprint density at radius 2 is 1.86 bits per heavy atom. The number of anilines is 1. The largest absolute Gasteiger partial charge is 0.359 e. The van der Waals surface area contributed by atoms with Crippen molar-refractivity contribution in [1.29, 1.82) is 0 Å². The highest BCUT2D eigenvalue weighted by Crippen LogP contribution is 2.21. The molecule has 0 heterocycles. The standard InChI is InChI=1S/C15H9Cl2F2NO/c16-9-1-3-11(12(17)7-9)15(21)5-6-20-14-4-2-10(18)8-13(14)19/h1-8,20H/b6-5+. The average molecular weight is 328 g/mol. The minimum absolute atomic E-state index is 0.0580. The van der Waals surface area contributed by atoms with E-state index in [-0.39, 0.29) is 22.1 Å². The summed E-state index contributed by atoms with van der Waals surface area (Å²) < 4.78 is 26.1. The monoisotopic (exact) mass is 327 g/mol. The lowest BCUT2D eigenvalue weighted by Gasteiger charge is -2.03. The Balaban J connectivity index is 2.08. The molecule has 6 heteroatoms. The van der Waals surface area contributed by atoms with E-state index in [1.807, 2.05) is 0 Å². The third kappa shape index (κ3) is 4.03. The van der Waals surface area contributed by atoms with Crippen LogP contribution in [0.25, 0.3) is 0 Å². The number of halogens is 4. The van der Waals surface area contributed by atoms with Gasteiger partial charge in [0, 0.05) is 28.9 Å². The third-order valence-electron chi connectivity index (χ3n) is 2.60. The molecule has 0 saturated heterocycles. The summed E-state index contributed by atoms with van der Waals surface area (Å²) in [7, 11) is 0. The second-order valence-electron chi connectivity index (χ2n) is 4.09. The highest BCUT2D eigenvalue weighted by Gasteiger charge is 2.08. The van der Waals surface area contributed by atoms with Crippen LogP contribution in [0.4, 0.5) is 14.5 Å². The number of benzene rings is 2. The van der Waals surface area contributed by atoms with Gasteiger partial charge in [0.2, 0.25) is 0 Å². The Morgan fingerprint density at radius 1 is 1.10 bits per heavy atom. The van der Waals surface area contributed by atoms with Gasteiger partial charge in [-0.15, -0.1) is 0 Å². The Kier molecular flexibility index (Phi) is 4.94. The van der Waals surface area contributed by atoms with Gasteiger partial charge in [0.05, 0.1) is 10.7 Å². The van der Waals surface area contributed by atoms with Gasteiger partial charge in [-0.2, -0.15) is 0 Å². The molecular weight excluding hydrogens is 319 g/mol. The minimum atomic E-state index is -0.753. The summed E-state index contributed by atoms with van der Waals surface area (Å²) in [4.78, 5) is 11.9. The topological polar surface area (TPSA) is 29.1 Å². The molecule has 0 aromatic heterocycles. The van der Waals surface area contributed by atoms with Crippen molar-refractivity contribution in [3.8, 4) is 0 Å². The van der Waals surface area contributed by atoms with Gasteiger partial charge in [0.1, 0.15) is 11.6 Å². The van der Waals surface area contributed by atoms with Gasteiger partial charge >= 0.3 is 0 Å². The van der Waals surface area contributed by atoms with Crippen LogP contribution in [-0.2, 0) is 0 Å². The Labute approximate surface area is 130 Å². The Bertz CT molecular complexity index is 717. The van der Waals surface area contributed by atoms with E-state index in [4.69, 9.17) is 23.2 Å². The van der Waals surface area contributed by atoms with Crippen molar-refractivity contribution in [1.82, 2.24) is 0 Å². The zero-order valence-electron chi connectivity index (χ0n) is 10.5. The fourth-order valence-corrected chi connectivity index (χ4v) is 2.09. The van der Waals surface area contributed by atoms with Crippen LogP contribution in [0.1, 0.15) is 10.4 Å². The van der Waals surface area contributed by atoms with Crippen LogP contribution >= 0.6 is 23.2 Å². The summed E-state index contributed by atoms with van der Waals surface area (Å²) in [6.07, 6.45) is 2.45. The number of hydrogen-bond acceptors (Lipinski definition) is 2. The van der Waals surface area contributed by atoms with Crippen molar-refractivity contribution < 1.29 is 13.6 Å². The average Bonchev–Trinajstić information content (AvgIpc) is 2.41. The first-order chi connectivity index (χ1) is 9.97. The Morgan fingerprint density at radius 3 is 2.52 bits per heavy atom. The second-order valence-corrected chi connectivity index (χ2v) is 4.93. The molecule has 0 aliphatic heterocycles. The number of ketones is 1. The van der Waals surface area contributed by atoms with E-state index in [0.29, 0.717) is 5.02 Å². The molecule has 108 valence electrons. The highest BCUT2D eigenvalue weighted by atomic mass is 35.5. The highest BCUT2D eigenvalue weighted by molar-refractivity contribution is 6.37. The predicted octanol–water partition coefficient (Wildman–Crippen LogP) is 5.08. The summed E-state index contributed by atoms with van der Waals surface area (Å²) in [5.41, 5.74) is 0.335. The maximum Gasteiger partial charge on any atom is 0.188 e. The van der Waals surface area contributed by atoms with Crippen molar-refractivity contribution in [2.24, 2.45) is 0 Å². The molecular formula is C15H9Cl2F2NO. The van der Waals surface area contributed by atoms with E-state index < -0.39 is 11.6 Å². The van der Waals surface area contributed by atoms with E-state index in [0.717, 1.165) is 12.1 Å². The molecule has 0 radical (unpaired) electrons. The lowest BCUT2D eigenvalue weighted by atomic mass is 10.1. The third-order valence-corrected chi connectivity index (χ3v) is 3.15. The van der Waals surface area contributed by atoms with Gasteiger partial charge in [-0.3, -0.25) is 4.79 Å². The second kappa shape index (κ2) is 6.70. The molecule has 0 unspecified atom stereocenters. The van der Waals surface area contributed by atoms with Crippen LogP contribution in [0.2, 0.25) is 10.0 Å². The zero-order valence-corrected chi connectivity index (χ0v) is 12.1. The molecule has 0 aliphatic rings. The number of carbonyl (C=O) groups is 1. The SMILES string of the molecule is O=C(/C=C/Nc1ccc(F)cc1F)c1ccc(Cl)cc1Cl. The molecule has 2 nitrogen and oxygen atoms in total. The summed E-state index contributed by atoms with van der Waals surface area (Å²) in [5.74, 6) is -1.80. The summed E-state index contributed by atoms with van der Waals surface area (Å²) >= 11 is 11.6. The van der Waals surface area contributed by atoms with Crippen LogP contribution in [-0.4, -0.2) is 5.78 Å². The van der Waals surface area contributed by atoms with Gasteiger partial charge in [-0.1, -0.05) is 23.2 Å². The van der Waals surface area contributed by atoms with Gasteiger partial charge < -0.3 is 5.32 Å². The molecule has 2 aromatic rings. The number of hydrogen-bond donors (Lipinski definition) is 1. The van der Waals surface area contributed by atoms with Crippen molar-refractivity contribution in [3.63, 3.8) is 0 Å². The quantitative estimate of drug-likeness (QED) is 0.626. The van der Waals surface area contributed by atoms with Crippen LogP contribution < -0.4 is 5.32 Å². The van der Waals surface area contributed by atoms with E-state index in [1.165, 1.54) is 30.5 Å². The van der Waals surface area contributed by atoms with Crippen LogP contribution in [0.15, 0.2) is 48.7 Å². The number of rotatable bonds is 4. The van der Waals surface area contributed by atoms with E-state index >= 15 is 0 Å². The lowest BCUT2D eigenvalue weighted by molar-refractivity contribution is 0.104. The minimum Gasteiger partial charge on any atom is -0.359 e. The van der Waals surface area contributed by atoms with E-state index in [2.05, 4.69) is 5.32 Å². The molecule has 0 spiro atoms. The van der Waals surface area contributed by atoms with E-state index in [9.17, 15) is 13.6 Å². The molecule has 0 atom stereocenters. The molecule has 0 fully saturated rings. The van der Waals surface area contributed by atoms with Crippen LogP contribution in [0, 0.1) is 11.6 Å². The van der Waals surface area contributed by atoms with Crippen molar-refractivity contribution in [3.05, 3.63) is 75.9 Å². The smallest absolute Gasteiger partial charge is 0.188 e. The van der Waals surface area contributed by atoms with Crippen molar-refractivity contribution >= 4 is 34.7 Å². The first-order valence-corrected chi connectivity index (χ1v) is 6.60. The predicted molar refractivity (Wildman–Crippen MR) is 79.9 cm³/mol. The fraction of sp³-hybridized carbons (Fsp3) is 0. The van der Waals surface area contributed by atoms with E-state index in [1.54, 1.807) is 6.07 Å². The van der Waals surface area contributed by atoms with Gasteiger partial charge in [0.15, 0.2) is 5.78 Å². The van der Waals surface area contributed by atoms with Crippen LogP contribution in [0.3, 0.4) is 0 Å². The van der Waals surface area contributed by atoms with Gasteiger partial charge in [0.25, 0.3) is 0 Å². The number of allylic oxidation sites excluding steroid dienone is 1. The fourth-order valence-electron chi connectivity index (χ4n) is 1.59. The molecule has 0 amide bonds.